The Morgan fingerprint density at radius 1 is 0.973 bits per heavy atom. The van der Waals surface area contributed by atoms with E-state index in [-0.39, 0.29) is 43.7 Å². The molecule has 0 spiro atoms. The summed E-state index contributed by atoms with van der Waals surface area (Å²) in [6.07, 6.45) is -10.4. The molecule has 5 rings (SSSR count). The summed E-state index contributed by atoms with van der Waals surface area (Å²) in [6, 6.07) is 6.13. The van der Waals surface area contributed by atoms with Crippen LogP contribution in [0.4, 0.5) is 32.0 Å². The number of alkyl halides is 6. The molecule has 194 valence electrons. The maximum Gasteiger partial charge on any atom is 1.00 e. The molecule has 0 saturated heterocycles. The van der Waals surface area contributed by atoms with Gasteiger partial charge in [-0.2, -0.15) is 26.3 Å². The van der Waals surface area contributed by atoms with Gasteiger partial charge in [0.25, 0.3) is 15.9 Å². The molecule has 0 aliphatic heterocycles. The van der Waals surface area contributed by atoms with Gasteiger partial charge in [0.05, 0.1) is 27.1 Å². The summed E-state index contributed by atoms with van der Waals surface area (Å²) in [5, 5.41) is 5.31. The van der Waals surface area contributed by atoms with Crippen molar-refractivity contribution >= 4 is 27.5 Å². The third-order valence-corrected chi connectivity index (χ3v) is 7.78. The number of nitrogens with one attached hydrogen (secondary N) is 4. The topological polar surface area (TPSA) is 135 Å². The molecule has 2 aromatic carbocycles. The smallest absolute Gasteiger partial charge is 0.731 e. The number of carbonyl (C=O) groups excluding carboxylic acids is 1. The molecule has 16 heteroatoms. The first-order chi connectivity index (χ1) is 16.5. The van der Waals surface area contributed by atoms with Crippen molar-refractivity contribution in [3.8, 4) is 0 Å². The standard InChI is InChI=1S/C21H18F6N5O3S.Li/c22-20(23,24)12-3-6-14(17(33)30-19-8-18(9-19,10-19)21(25,26)27)15(7-12)32-36(34,35)13-4-1-11(2-5-13)16(28)31-29;/h1-7,29H,8-10H2,(H4,28,30,31,32,33);/q-1;+1/p-1. The second-order valence-corrected chi connectivity index (χ2v) is 10.6. The Balaban J connectivity index is 0.00000380. The first-order valence-corrected chi connectivity index (χ1v) is 11.7. The van der Waals surface area contributed by atoms with Gasteiger partial charge >= 0.3 is 31.2 Å². The SMILES string of the molecule is [Li+].[NH-]/N=C(\[NH-])c1ccc(S(=O)(=O)Nc2cc(C(F)(F)F)ccc2C(=O)NC23CC(C(F)(F)F)(C2)C3)cc1. The normalized spacial score (nSPS) is 23.2. The van der Waals surface area contributed by atoms with Crippen LogP contribution >= 0.6 is 0 Å². The molecule has 2 aromatic rings. The fraction of sp³-hybridized carbons (Fsp3) is 0.333. The van der Waals surface area contributed by atoms with Gasteiger partial charge in [0, 0.05) is 5.54 Å². The molecular weight excluding hydrogens is 523 g/mol. The first-order valence-electron chi connectivity index (χ1n) is 10.2. The van der Waals surface area contributed by atoms with Crippen LogP contribution in [0, 0.1) is 5.41 Å². The van der Waals surface area contributed by atoms with Crippen LogP contribution < -0.4 is 28.9 Å². The van der Waals surface area contributed by atoms with Crippen LogP contribution in [0.3, 0.4) is 0 Å². The average Bonchev–Trinajstić information content (AvgIpc) is 2.72. The number of hydrogen-bond acceptors (Lipinski definition) is 4. The van der Waals surface area contributed by atoms with E-state index in [1.165, 1.54) is 0 Å². The zero-order valence-corrected chi connectivity index (χ0v) is 19.8. The number of carbonyl (C=O) groups is 1. The van der Waals surface area contributed by atoms with E-state index in [1.807, 2.05) is 4.72 Å². The molecule has 3 saturated carbocycles. The Morgan fingerprint density at radius 3 is 2.03 bits per heavy atom. The van der Waals surface area contributed by atoms with E-state index in [0.717, 1.165) is 30.3 Å². The van der Waals surface area contributed by atoms with Crippen molar-refractivity contribution in [3.05, 3.63) is 70.7 Å². The molecule has 0 unspecified atom stereocenters. The van der Waals surface area contributed by atoms with Crippen LogP contribution in [0.15, 0.2) is 52.5 Å². The summed E-state index contributed by atoms with van der Waals surface area (Å²) in [6.45, 7) is 0. The van der Waals surface area contributed by atoms with Gasteiger partial charge in [-0.15, -0.1) is 0 Å². The molecule has 4 N–H and O–H groups in total. The molecule has 3 aliphatic carbocycles. The number of anilines is 1. The Labute approximate surface area is 219 Å². The minimum Gasteiger partial charge on any atom is -0.731 e. The van der Waals surface area contributed by atoms with Gasteiger partial charge in [-0.05, 0) is 55.2 Å². The Morgan fingerprint density at radius 2 is 1.54 bits per heavy atom. The molecule has 37 heavy (non-hydrogen) atoms. The van der Waals surface area contributed by atoms with Gasteiger partial charge in [0.1, 0.15) is 0 Å². The number of halogens is 6. The van der Waals surface area contributed by atoms with Crippen LogP contribution in [0.25, 0.3) is 11.6 Å². The molecule has 0 radical (unpaired) electrons. The van der Waals surface area contributed by atoms with Gasteiger partial charge in [-0.1, -0.05) is 18.0 Å². The van der Waals surface area contributed by atoms with E-state index in [2.05, 4.69) is 10.4 Å². The van der Waals surface area contributed by atoms with Crippen LogP contribution in [-0.2, 0) is 16.2 Å². The Bertz CT molecular complexity index is 1340. The van der Waals surface area contributed by atoms with Crippen LogP contribution in [0.5, 0.6) is 0 Å². The van der Waals surface area contributed by atoms with E-state index in [4.69, 9.17) is 11.6 Å². The van der Waals surface area contributed by atoms with Gasteiger partial charge < -0.3 is 22.0 Å². The van der Waals surface area contributed by atoms with Gasteiger partial charge in [-0.3, -0.25) is 9.52 Å². The van der Waals surface area contributed by atoms with Crippen LogP contribution in [0.1, 0.15) is 40.7 Å². The summed E-state index contributed by atoms with van der Waals surface area (Å²) in [7, 11) is -4.53. The van der Waals surface area contributed by atoms with Crippen molar-refractivity contribution in [2.45, 2.75) is 42.0 Å². The fourth-order valence-electron chi connectivity index (χ4n) is 4.59. The monoisotopic (exact) mass is 540 g/mol. The number of amidine groups is 1. The predicted molar refractivity (Wildman–Crippen MR) is 116 cm³/mol. The molecule has 0 heterocycles. The maximum atomic E-state index is 13.3. The van der Waals surface area contributed by atoms with Crippen molar-refractivity contribution in [1.29, 1.82) is 0 Å². The summed E-state index contributed by atoms with van der Waals surface area (Å²) in [5.41, 5.74) is 2.08. The molecule has 3 aliphatic rings. The predicted octanol–water partition coefficient (Wildman–Crippen LogP) is 2.49. The van der Waals surface area contributed by atoms with Gasteiger partial charge in [0.15, 0.2) is 0 Å². The van der Waals surface area contributed by atoms with Crippen LogP contribution in [0.2, 0.25) is 0 Å². The van der Waals surface area contributed by atoms with Crippen LogP contribution in [-0.4, -0.2) is 31.9 Å². The minimum absolute atomic E-state index is 0. The quantitative estimate of drug-likeness (QED) is 0.192. The fourth-order valence-corrected chi connectivity index (χ4v) is 5.66. The van der Waals surface area contributed by atoms with E-state index in [0.29, 0.717) is 12.1 Å². The Kier molecular flexibility index (Phi) is 7.08. The number of hydrogen-bond donors (Lipinski definition) is 2. The zero-order chi connectivity index (χ0) is 26.7. The second kappa shape index (κ2) is 9.14. The van der Waals surface area contributed by atoms with Crippen molar-refractivity contribution < 1.29 is 58.4 Å². The van der Waals surface area contributed by atoms with Crippen molar-refractivity contribution in [2.24, 2.45) is 10.5 Å². The summed E-state index contributed by atoms with van der Waals surface area (Å²) in [5.74, 6) is 5.34. The average molecular weight is 540 g/mol. The number of rotatable bonds is 6. The number of amides is 1. The molecular formula is C21H17F6LiN5O3S-. The molecule has 8 nitrogen and oxygen atoms in total. The number of sulfonamides is 1. The molecule has 0 aromatic heterocycles. The molecule has 1 amide bonds. The second-order valence-electron chi connectivity index (χ2n) is 8.89. The van der Waals surface area contributed by atoms with Gasteiger partial charge in [0.2, 0.25) is 0 Å². The van der Waals surface area contributed by atoms with E-state index in [9.17, 15) is 39.6 Å². The summed E-state index contributed by atoms with van der Waals surface area (Å²) in [4.78, 5) is 12.4. The summed E-state index contributed by atoms with van der Waals surface area (Å²) < 4.78 is 107. The minimum atomic E-state index is -4.87. The molecule has 2 bridgehead atoms. The zero-order valence-electron chi connectivity index (χ0n) is 19.0. The van der Waals surface area contributed by atoms with E-state index < -0.39 is 66.8 Å². The molecule has 0 atom stereocenters. The third kappa shape index (κ3) is 5.12. The van der Waals surface area contributed by atoms with E-state index >= 15 is 0 Å². The maximum absolute atomic E-state index is 13.3. The largest absolute Gasteiger partial charge is 1.00 e. The number of nitrogens with zero attached hydrogens (tertiary/aromatic N) is 1. The van der Waals surface area contributed by atoms with Crippen molar-refractivity contribution in [3.63, 3.8) is 0 Å². The van der Waals surface area contributed by atoms with Gasteiger partial charge in [-0.25, -0.2) is 8.42 Å². The first kappa shape index (κ1) is 28.7. The molecule has 3 fully saturated rings. The van der Waals surface area contributed by atoms with E-state index in [1.54, 1.807) is 0 Å². The Hall–Kier alpha value is -2.89. The van der Waals surface area contributed by atoms with Crippen molar-refractivity contribution in [2.75, 3.05) is 4.72 Å². The number of benzene rings is 2. The van der Waals surface area contributed by atoms with Crippen molar-refractivity contribution in [1.82, 2.24) is 5.32 Å². The third-order valence-electron chi connectivity index (χ3n) is 6.40. The summed E-state index contributed by atoms with van der Waals surface area (Å²) >= 11 is 0.